The average molecular weight is 247 g/mol. The molecule has 0 bridgehead atoms. The van der Waals surface area contributed by atoms with Gasteiger partial charge in [0.1, 0.15) is 12.7 Å². The maximum Gasteiger partial charge on any atom is 0.269 e. The summed E-state index contributed by atoms with van der Waals surface area (Å²) in [6.45, 7) is 3.29. The zero-order valence-electron chi connectivity index (χ0n) is 9.91. The van der Waals surface area contributed by atoms with Crippen molar-refractivity contribution in [1.29, 1.82) is 0 Å². The lowest BCUT2D eigenvalue weighted by molar-refractivity contribution is -0.384. The van der Waals surface area contributed by atoms with E-state index in [1.807, 2.05) is 11.5 Å². The molecule has 0 amide bonds. The lowest BCUT2D eigenvalue weighted by Crippen LogP contribution is -2.10. The van der Waals surface area contributed by atoms with Gasteiger partial charge in [-0.15, -0.1) is 10.2 Å². The molecule has 0 unspecified atom stereocenters. The summed E-state index contributed by atoms with van der Waals surface area (Å²) in [7, 11) is 0. The maximum atomic E-state index is 10.6. The fourth-order valence-corrected chi connectivity index (χ4v) is 1.62. The molecule has 0 spiro atoms. The minimum Gasteiger partial charge on any atom is -0.383 e. The van der Waals surface area contributed by atoms with E-state index in [-0.39, 0.29) is 5.69 Å². The van der Waals surface area contributed by atoms with Crippen LogP contribution in [-0.4, -0.2) is 26.2 Å². The summed E-state index contributed by atoms with van der Waals surface area (Å²) in [5.74, 6) is 0. The number of nitrogens with zero attached hydrogens (tertiary/aromatic N) is 4. The van der Waals surface area contributed by atoms with Gasteiger partial charge in [-0.2, -0.15) is 0 Å². The van der Waals surface area contributed by atoms with Gasteiger partial charge in [0.2, 0.25) is 0 Å². The third kappa shape index (κ3) is 2.82. The topological polar surface area (TPSA) is 85.9 Å². The van der Waals surface area contributed by atoms with Crippen molar-refractivity contribution in [3.63, 3.8) is 0 Å². The number of benzene rings is 1. The number of nitro groups is 1. The molecule has 94 valence electrons. The van der Waals surface area contributed by atoms with E-state index in [4.69, 9.17) is 0 Å². The molecule has 0 aliphatic carbocycles. The van der Waals surface area contributed by atoms with E-state index in [9.17, 15) is 10.1 Å². The zero-order valence-corrected chi connectivity index (χ0v) is 9.91. The fraction of sp³-hybridized carbons (Fsp3) is 0.273. The first-order valence-electron chi connectivity index (χ1n) is 5.48. The quantitative estimate of drug-likeness (QED) is 0.640. The van der Waals surface area contributed by atoms with Crippen LogP contribution in [0.3, 0.4) is 0 Å². The molecule has 18 heavy (non-hydrogen) atoms. The summed E-state index contributed by atoms with van der Waals surface area (Å²) in [4.78, 5) is 10.2. The lowest BCUT2D eigenvalue weighted by Gasteiger charge is -2.09. The van der Waals surface area contributed by atoms with Crippen LogP contribution in [0.2, 0.25) is 0 Å². The Labute approximate surface area is 104 Å². The van der Waals surface area contributed by atoms with E-state index in [2.05, 4.69) is 15.5 Å². The number of anilines is 1. The number of rotatable bonds is 5. The molecule has 1 aromatic carbocycles. The van der Waals surface area contributed by atoms with E-state index in [0.717, 1.165) is 17.8 Å². The van der Waals surface area contributed by atoms with Gasteiger partial charge in [0, 0.05) is 30.9 Å². The summed E-state index contributed by atoms with van der Waals surface area (Å²) >= 11 is 0. The standard InChI is InChI=1S/C11H13N5O2/c1-9-6-10(16(17)18)2-3-11(9)12-4-5-15-7-13-14-8-15/h2-3,6-8,12H,4-5H2,1H3. The Kier molecular flexibility index (Phi) is 3.52. The molecule has 7 heteroatoms. The molecule has 0 saturated carbocycles. The van der Waals surface area contributed by atoms with Crippen LogP contribution in [0, 0.1) is 17.0 Å². The molecule has 2 aromatic rings. The molecule has 2 rings (SSSR count). The highest BCUT2D eigenvalue weighted by Crippen LogP contribution is 2.20. The number of aromatic nitrogens is 3. The second kappa shape index (κ2) is 5.26. The largest absolute Gasteiger partial charge is 0.383 e. The zero-order chi connectivity index (χ0) is 13.0. The van der Waals surface area contributed by atoms with Crippen LogP contribution in [0.15, 0.2) is 30.9 Å². The van der Waals surface area contributed by atoms with Gasteiger partial charge in [0.05, 0.1) is 4.92 Å². The van der Waals surface area contributed by atoms with Crippen LogP contribution in [0.25, 0.3) is 0 Å². The Morgan fingerprint density at radius 2 is 2.11 bits per heavy atom. The predicted molar refractivity (Wildman–Crippen MR) is 66.3 cm³/mol. The van der Waals surface area contributed by atoms with Gasteiger partial charge in [-0.25, -0.2) is 0 Å². The lowest BCUT2D eigenvalue weighted by atomic mass is 10.2. The Morgan fingerprint density at radius 1 is 1.39 bits per heavy atom. The SMILES string of the molecule is Cc1cc([N+](=O)[O-])ccc1NCCn1cnnc1. The molecule has 0 atom stereocenters. The molecule has 0 saturated heterocycles. The van der Waals surface area contributed by atoms with Gasteiger partial charge in [0.25, 0.3) is 5.69 Å². The van der Waals surface area contributed by atoms with Crippen LogP contribution < -0.4 is 5.32 Å². The first-order chi connectivity index (χ1) is 8.66. The number of hydrogen-bond acceptors (Lipinski definition) is 5. The summed E-state index contributed by atoms with van der Waals surface area (Å²) in [5.41, 5.74) is 1.86. The number of non-ortho nitro benzene ring substituents is 1. The Bertz CT molecular complexity index is 538. The first kappa shape index (κ1) is 12.0. The van der Waals surface area contributed by atoms with E-state index in [1.54, 1.807) is 24.8 Å². The Morgan fingerprint density at radius 3 is 2.72 bits per heavy atom. The highest BCUT2D eigenvalue weighted by molar-refractivity contribution is 5.55. The first-order valence-corrected chi connectivity index (χ1v) is 5.48. The highest BCUT2D eigenvalue weighted by Gasteiger charge is 2.07. The van der Waals surface area contributed by atoms with Crippen LogP contribution >= 0.6 is 0 Å². The van der Waals surface area contributed by atoms with Crippen molar-refractivity contribution in [3.05, 3.63) is 46.5 Å². The molecular weight excluding hydrogens is 234 g/mol. The van der Waals surface area contributed by atoms with Gasteiger partial charge in [-0.05, 0) is 18.6 Å². The normalized spacial score (nSPS) is 10.3. The molecule has 7 nitrogen and oxygen atoms in total. The minimum atomic E-state index is -0.395. The highest BCUT2D eigenvalue weighted by atomic mass is 16.6. The molecular formula is C11H13N5O2. The summed E-state index contributed by atoms with van der Waals surface area (Å²) in [6, 6.07) is 4.77. The van der Waals surface area contributed by atoms with Crippen LogP contribution in [0.4, 0.5) is 11.4 Å². The van der Waals surface area contributed by atoms with Crippen LogP contribution in [-0.2, 0) is 6.54 Å². The molecule has 0 aliphatic rings. The number of nitrogens with one attached hydrogen (secondary N) is 1. The molecule has 1 N–H and O–H groups in total. The molecule has 0 radical (unpaired) electrons. The van der Waals surface area contributed by atoms with Gasteiger partial charge in [0.15, 0.2) is 0 Å². The number of nitro benzene ring substituents is 1. The smallest absolute Gasteiger partial charge is 0.269 e. The minimum absolute atomic E-state index is 0.108. The van der Waals surface area contributed by atoms with Crippen molar-refractivity contribution in [1.82, 2.24) is 14.8 Å². The van der Waals surface area contributed by atoms with Crippen molar-refractivity contribution in [2.45, 2.75) is 13.5 Å². The monoisotopic (exact) mass is 247 g/mol. The van der Waals surface area contributed by atoms with E-state index in [0.29, 0.717) is 6.54 Å². The van der Waals surface area contributed by atoms with Gasteiger partial charge in [-0.1, -0.05) is 0 Å². The predicted octanol–water partition coefficient (Wildman–Crippen LogP) is 1.61. The third-order valence-electron chi connectivity index (χ3n) is 2.57. The summed E-state index contributed by atoms with van der Waals surface area (Å²) in [6.07, 6.45) is 3.29. The van der Waals surface area contributed by atoms with Crippen molar-refractivity contribution < 1.29 is 4.92 Å². The van der Waals surface area contributed by atoms with Gasteiger partial charge >= 0.3 is 0 Å². The summed E-state index contributed by atoms with van der Waals surface area (Å²) in [5, 5.41) is 21.2. The van der Waals surface area contributed by atoms with Gasteiger partial charge < -0.3 is 9.88 Å². The second-order valence-corrected chi connectivity index (χ2v) is 3.88. The third-order valence-corrected chi connectivity index (χ3v) is 2.57. The molecule has 1 aromatic heterocycles. The number of hydrogen-bond donors (Lipinski definition) is 1. The van der Waals surface area contributed by atoms with Crippen molar-refractivity contribution in [2.75, 3.05) is 11.9 Å². The maximum absolute atomic E-state index is 10.6. The molecule has 1 heterocycles. The molecule has 0 fully saturated rings. The Hall–Kier alpha value is -2.44. The Balaban J connectivity index is 1.95. The molecule has 0 aliphatic heterocycles. The average Bonchev–Trinajstić information content (AvgIpc) is 2.84. The van der Waals surface area contributed by atoms with Gasteiger partial charge in [-0.3, -0.25) is 10.1 Å². The van der Waals surface area contributed by atoms with Crippen molar-refractivity contribution in [3.8, 4) is 0 Å². The number of aryl methyl sites for hydroxylation is 1. The van der Waals surface area contributed by atoms with Crippen LogP contribution in [0.5, 0.6) is 0 Å². The van der Waals surface area contributed by atoms with E-state index >= 15 is 0 Å². The fourth-order valence-electron chi connectivity index (χ4n) is 1.62. The van der Waals surface area contributed by atoms with Crippen LogP contribution in [0.1, 0.15) is 5.56 Å². The second-order valence-electron chi connectivity index (χ2n) is 3.88. The van der Waals surface area contributed by atoms with E-state index in [1.165, 1.54) is 6.07 Å². The van der Waals surface area contributed by atoms with Crippen molar-refractivity contribution in [2.24, 2.45) is 0 Å². The summed E-state index contributed by atoms with van der Waals surface area (Å²) < 4.78 is 1.85. The van der Waals surface area contributed by atoms with Crippen molar-refractivity contribution >= 4 is 11.4 Å². The van der Waals surface area contributed by atoms with E-state index < -0.39 is 4.92 Å².